The van der Waals surface area contributed by atoms with Crippen molar-refractivity contribution in [1.82, 2.24) is 15.2 Å². The van der Waals surface area contributed by atoms with Crippen LogP contribution in [0, 0.1) is 29.6 Å². The molecule has 3 aliphatic rings. The summed E-state index contributed by atoms with van der Waals surface area (Å²) in [6.45, 7) is 11.0. The number of aromatic nitrogens is 1. The minimum absolute atomic E-state index is 0.00930. The molecule has 1 aromatic heterocycles. The summed E-state index contributed by atoms with van der Waals surface area (Å²) in [5.41, 5.74) is 3.71. The summed E-state index contributed by atoms with van der Waals surface area (Å²) in [7, 11) is 0. The second-order valence-electron chi connectivity index (χ2n) is 10.1. The average Bonchev–Trinajstić information content (AvgIpc) is 3.60. The maximum Gasteiger partial charge on any atom is 0.318 e. The number of urea groups is 1. The Bertz CT molecular complexity index is 984. The highest BCUT2D eigenvalue weighted by molar-refractivity contribution is 5.75. The third-order valence-corrected chi connectivity index (χ3v) is 6.80. The Labute approximate surface area is 191 Å². The van der Waals surface area contributed by atoms with Gasteiger partial charge in [0.05, 0.1) is 36.1 Å². The van der Waals surface area contributed by atoms with Crippen LogP contribution >= 0.6 is 0 Å². The molecule has 4 rings (SSSR count). The van der Waals surface area contributed by atoms with E-state index in [1.165, 1.54) is 0 Å². The lowest BCUT2D eigenvalue weighted by molar-refractivity contribution is -0.0407. The van der Waals surface area contributed by atoms with Gasteiger partial charge in [-0.05, 0) is 38.2 Å². The monoisotopic (exact) mass is 435 g/mol. The van der Waals surface area contributed by atoms with E-state index in [2.05, 4.69) is 49.9 Å². The molecule has 7 nitrogen and oxygen atoms in total. The van der Waals surface area contributed by atoms with Crippen LogP contribution in [0.3, 0.4) is 0 Å². The van der Waals surface area contributed by atoms with Crippen LogP contribution in [-0.2, 0) is 17.8 Å². The van der Waals surface area contributed by atoms with E-state index in [1.54, 1.807) is 0 Å². The average molecular weight is 436 g/mol. The lowest BCUT2D eigenvalue weighted by atomic mass is 9.87. The topological polar surface area (TPSA) is 81.5 Å². The molecule has 0 spiro atoms. The van der Waals surface area contributed by atoms with E-state index >= 15 is 0 Å². The van der Waals surface area contributed by atoms with E-state index in [0.29, 0.717) is 44.1 Å². The number of nitriles is 1. The molecule has 1 aliphatic carbocycles. The first-order valence-corrected chi connectivity index (χ1v) is 11.6. The Morgan fingerprint density at radius 2 is 2.09 bits per heavy atom. The van der Waals surface area contributed by atoms with E-state index in [9.17, 15) is 10.1 Å². The number of piperazine rings is 1. The molecule has 0 bridgehead atoms. The summed E-state index contributed by atoms with van der Waals surface area (Å²) in [6, 6.07) is 2.36. The minimum atomic E-state index is -0.299. The van der Waals surface area contributed by atoms with Crippen LogP contribution in [0.4, 0.5) is 10.6 Å². The molecule has 1 N–H and O–H groups in total. The van der Waals surface area contributed by atoms with Gasteiger partial charge in [-0.2, -0.15) is 5.26 Å². The fraction of sp³-hybridized carbons (Fsp3) is 0.640. The Morgan fingerprint density at radius 3 is 2.72 bits per heavy atom. The molecule has 1 unspecified atom stereocenters. The zero-order chi connectivity index (χ0) is 23.0. The van der Waals surface area contributed by atoms with Crippen molar-refractivity contribution in [1.29, 1.82) is 5.26 Å². The van der Waals surface area contributed by atoms with E-state index in [1.807, 2.05) is 4.90 Å². The first-order valence-electron chi connectivity index (χ1n) is 11.6. The Hall–Kier alpha value is -2.77. The number of carbonyl (C=O) groups excluding carboxylic acids is 1. The van der Waals surface area contributed by atoms with E-state index < -0.39 is 0 Å². The van der Waals surface area contributed by atoms with Gasteiger partial charge in [0.2, 0.25) is 0 Å². The molecule has 1 atom stereocenters. The third-order valence-electron chi connectivity index (χ3n) is 6.80. The molecular weight excluding hydrogens is 402 g/mol. The summed E-state index contributed by atoms with van der Waals surface area (Å²) in [5, 5.41) is 13.0. The zero-order valence-electron chi connectivity index (χ0n) is 19.6. The standard InChI is InChI=1S/C25H33N5O2/c1-6-9-27-24(31)30-11-10-29(14-21(30)16(2)3)23-19(13-26)18-12-25(4,5)32-15-20(18)22(28-23)17-7-8-17/h1,16-17,21H,7-12,14-15H2,2-5H3,(H,27,31). The van der Waals surface area contributed by atoms with Gasteiger partial charge in [0.1, 0.15) is 11.9 Å². The number of anilines is 1. The maximum absolute atomic E-state index is 12.7. The number of amides is 2. The van der Waals surface area contributed by atoms with E-state index in [0.717, 1.165) is 35.5 Å². The quantitative estimate of drug-likeness (QED) is 0.735. The molecule has 32 heavy (non-hydrogen) atoms. The lowest BCUT2D eigenvalue weighted by Crippen LogP contribution is -2.59. The van der Waals surface area contributed by atoms with E-state index in [-0.39, 0.29) is 30.1 Å². The number of hydrogen-bond acceptors (Lipinski definition) is 5. The summed E-state index contributed by atoms with van der Waals surface area (Å²) in [6.07, 6.45) is 8.31. The number of carbonyl (C=O) groups is 1. The molecular formula is C25H33N5O2. The Morgan fingerprint density at radius 1 is 1.34 bits per heavy atom. The van der Waals surface area contributed by atoms with Gasteiger partial charge in [0, 0.05) is 37.5 Å². The van der Waals surface area contributed by atoms with Gasteiger partial charge in [0.25, 0.3) is 0 Å². The predicted octanol–water partition coefficient (Wildman–Crippen LogP) is 3.17. The van der Waals surface area contributed by atoms with Crippen LogP contribution in [0.5, 0.6) is 0 Å². The summed E-state index contributed by atoms with van der Waals surface area (Å²) in [4.78, 5) is 21.8. The van der Waals surface area contributed by atoms with Crippen LogP contribution in [0.1, 0.15) is 68.8 Å². The Kier molecular flexibility index (Phi) is 6.05. The number of nitrogens with one attached hydrogen (secondary N) is 1. The van der Waals surface area contributed by atoms with Gasteiger partial charge in [-0.1, -0.05) is 19.8 Å². The van der Waals surface area contributed by atoms with Crippen molar-refractivity contribution < 1.29 is 9.53 Å². The lowest BCUT2D eigenvalue weighted by Gasteiger charge is -2.44. The minimum Gasteiger partial charge on any atom is -0.370 e. The van der Waals surface area contributed by atoms with Gasteiger partial charge in [-0.3, -0.25) is 0 Å². The van der Waals surface area contributed by atoms with Crippen molar-refractivity contribution in [3.8, 4) is 18.4 Å². The molecule has 7 heteroatoms. The van der Waals surface area contributed by atoms with E-state index in [4.69, 9.17) is 16.1 Å². The molecule has 1 saturated carbocycles. The van der Waals surface area contributed by atoms with Crippen LogP contribution in [-0.4, -0.2) is 53.7 Å². The largest absolute Gasteiger partial charge is 0.370 e. The Balaban J connectivity index is 1.69. The molecule has 1 aromatic rings. The smallest absolute Gasteiger partial charge is 0.318 e. The number of terminal acetylenes is 1. The van der Waals surface area contributed by atoms with Crippen LogP contribution in [0.2, 0.25) is 0 Å². The fourth-order valence-electron chi connectivity index (χ4n) is 4.87. The third kappa shape index (κ3) is 4.27. The van der Waals surface area contributed by atoms with Crippen molar-refractivity contribution in [3.63, 3.8) is 0 Å². The molecule has 2 fully saturated rings. The van der Waals surface area contributed by atoms with Crippen LogP contribution in [0.25, 0.3) is 0 Å². The van der Waals surface area contributed by atoms with Gasteiger partial charge in [-0.25, -0.2) is 9.78 Å². The highest BCUT2D eigenvalue weighted by Crippen LogP contribution is 2.45. The second-order valence-corrected chi connectivity index (χ2v) is 10.1. The summed E-state index contributed by atoms with van der Waals surface area (Å²) in [5.74, 6) is 3.97. The van der Waals surface area contributed by atoms with Gasteiger partial charge < -0.3 is 19.9 Å². The summed E-state index contributed by atoms with van der Waals surface area (Å²) < 4.78 is 6.09. The molecule has 2 aliphatic heterocycles. The van der Waals surface area contributed by atoms with Crippen LogP contribution in [0.15, 0.2) is 0 Å². The number of rotatable bonds is 4. The molecule has 0 radical (unpaired) electrons. The molecule has 2 amide bonds. The molecule has 3 heterocycles. The molecule has 170 valence electrons. The highest BCUT2D eigenvalue weighted by atomic mass is 16.5. The van der Waals surface area contributed by atoms with Gasteiger partial charge >= 0.3 is 6.03 Å². The first kappa shape index (κ1) is 22.4. The van der Waals surface area contributed by atoms with Crippen molar-refractivity contribution >= 4 is 11.8 Å². The number of ether oxygens (including phenoxy) is 1. The van der Waals surface area contributed by atoms with Crippen molar-refractivity contribution in [2.24, 2.45) is 5.92 Å². The number of fused-ring (bicyclic) bond motifs is 1. The SMILES string of the molecule is C#CCNC(=O)N1CCN(c2nc(C3CC3)c3c(c2C#N)CC(C)(C)OC3)CC1C(C)C. The number of hydrogen-bond donors (Lipinski definition) is 1. The van der Waals surface area contributed by atoms with Gasteiger partial charge in [0.15, 0.2) is 0 Å². The number of pyridine rings is 1. The predicted molar refractivity (Wildman–Crippen MR) is 123 cm³/mol. The summed E-state index contributed by atoms with van der Waals surface area (Å²) >= 11 is 0. The van der Waals surface area contributed by atoms with Crippen molar-refractivity contribution in [2.75, 3.05) is 31.1 Å². The zero-order valence-corrected chi connectivity index (χ0v) is 19.6. The highest BCUT2D eigenvalue weighted by Gasteiger charge is 2.39. The van der Waals surface area contributed by atoms with Gasteiger partial charge in [-0.15, -0.1) is 6.42 Å². The number of nitrogens with zero attached hydrogens (tertiary/aromatic N) is 4. The van der Waals surface area contributed by atoms with Crippen LogP contribution < -0.4 is 10.2 Å². The molecule has 1 saturated heterocycles. The maximum atomic E-state index is 12.7. The molecule has 0 aromatic carbocycles. The van der Waals surface area contributed by atoms with Crippen molar-refractivity contribution in [2.45, 2.75) is 71.1 Å². The normalized spacial score (nSPS) is 22.2. The second kappa shape index (κ2) is 8.64. The van der Waals surface area contributed by atoms with Crippen molar-refractivity contribution in [3.05, 3.63) is 22.4 Å². The first-order chi connectivity index (χ1) is 15.3. The fourth-order valence-corrected chi connectivity index (χ4v) is 4.87.